The van der Waals surface area contributed by atoms with Gasteiger partial charge in [-0.1, -0.05) is 0 Å². The minimum atomic E-state index is -1.15. The predicted octanol–water partition coefficient (Wildman–Crippen LogP) is 0.142. The lowest BCUT2D eigenvalue weighted by Crippen LogP contribution is -2.43. The summed E-state index contributed by atoms with van der Waals surface area (Å²) < 4.78 is 4.84. The summed E-state index contributed by atoms with van der Waals surface area (Å²) in [6.45, 7) is 3.56. The van der Waals surface area contributed by atoms with Gasteiger partial charge < -0.3 is 15.2 Å². The molecular formula is C10H16N2O4. The molecule has 0 aromatic carbocycles. The van der Waals surface area contributed by atoms with Crippen LogP contribution in [-0.4, -0.2) is 36.2 Å². The first kappa shape index (κ1) is 14.4. The van der Waals surface area contributed by atoms with Crippen LogP contribution >= 0.6 is 0 Å². The van der Waals surface area contributed by atoms with Gasteiger partial charge in [-0.05, 0) is 20.3 Å². The fourth-order valence-corrected chi connectivity index (χ4v) is 1.06. The molecule has 6 nitrogen and oxygen atoms in total. The molecule has 0 radical (unpaired) electrons. The van der Waals surface area contributed by atoms with Gasteiger partial charge in [0.15, 0.2) is 0 Å². The van der Waals surface area contributed by atoms with E-state index in [1.165, 1.54) is 0 Å². The Morgan fingerprint density at radius 2 is 2.19 bits per heavy atom. The number of rotatable bonds is 7. The van der Waals surface area contributed by atoms with Crippen molar-refractivity contribution in [3.05, 3.63) is 0 Å². The van der Waals surface area contributed by atoms with Gasteiger partial charge in [-0.3, -0.25) is 4.79 Å². The first-order valence-electron chi connectivity index (χ1n) is 5.00. The summed E-state index contributed by atoms with van der Waals surface area (Å²) in [5, 5.41) is 19.7. The quantitative estimate of drug-likeness (QED) is 0.645. The van der Waals surface area contributed by atoms with E-state index in [4.69, 9.17) is 15.1 Å². The largest absolute Gasteiger partial charge is 0.480 e. The van der Waals surface area contributed by atoms with Crippen LogP contribution in [0.4, 0.5) is 0 Å². The van der Waals surface area contributed by atoms with E-state index in [1.807, 2.05) is 6.07 Å². The Morgan fingerprint density at radius 1 is 1.56 bits per heavy atom. The van der Waals surface area contributed by atoms with Crippen molar-refractivity contribution in [1.29, 1.82) is 5.26 Å². The van der Waals surface area contributed by atoms with Crippen molar-refractivity contribution in [3.63, 3.8) is 0 Å². The van der Waals surface area contributed by atoms with Crippen LogP contribution < -0.4 is 5.32 Å². The summed E-state index contributed by atoms with van der Waals surface area (Å²) in [7, 11) is 0. The number of carboxylic acids is 1. The van der Waals surface area contributed by atoms with Gasteiger partial charge >= 0.3 is 5.97 Å². The predicted molar refractivity (Wildman–Crippen MR) is 55.5 cm³/mol. The van der Waals surface area contributed by atoms with Crippen molar-refractivity contribution in [2.24, 2.45) is 5.92 Å². The highest BCUT2D eigenvalue weighted by Crippen LogP contribution is 2.04. The van der Waals surface area contributed by atoms with Crippen molar-refractivity contribution in [2.45, 2.75) is 26.3 Å². The number of ether oxygens (including phenoxy) is 1. The minimum Gasteiger partial charge on any atom is -0.480 e. The molecule has 0 aromatic rings. The van der Waals surface area contributed by atoms with Gasteiger partial charge in [0.1, 0.15) is 12.6 Å². The lowest BCUT2D eigenvalue weighted by molar-refractivity contribution is -0.142. The Balaban J connectivity index is 4.19. The minimum absolute atomic E-state index is 0.0870. The van der Waals surface area contributed by atoms with Gasteiger partial charge in [0, 0.05) is 12.5 Å². The zero-order chi connectivity index (χ0) is 12.6. The highest BCUT2D eigenvalue weighted by molar-refractivity contribution is 5.84. The van der Waals surface area contributed by atoms with Crippen LogP contribution in [0.25, 0.3) is 0 Å². The normalized spacial score (nSPS) is 13.6. The first-order valence-corrected chi connectivity index (χ1v) is 5.00. The number of amides is 1. The molecule has 0 saturated carbocycles. The van der Waals surface area contributed by atoms with E-state index in [1.54, 1.807) is 13.8 Å². The number of nitriles is 1. The van der Waals surface area contributed by atoms with Gasteiger partial charge in [0.2, 0.25) is 5.91 Å². The Morgan fingerprint density at radius 3 is 2.62 bits per heavy atom. The Hall–Kier alpha value is -1.61. The fraction of sp³-hybridized carbons (Fsp3) is 0.700. The summed E-state index contributed by atoms with van der Waals surface area (Å²) in [5.74, 6) is -2.06. The molecule has 0 saturated heterocycles. The van der Waals surface area contributed by atoms with Gasteiger partial charge in [-0.25, -0.2) is 4.79 Å². The number of carbonyl (C=O) groups is 2. The van der Waals surface area contributed by atoms with E-state index >= 15 is 0 Å². The maximum absolute atomic E-state index is 11.2. The zero-order valence-corrected chi connectivity index (χ0v) is 9.40. The molecule has 0 unspecified atom stereocenters. The van der Waals surface area contributed by atoms with Crippen LogP contribution in [0.15, 0.2) is 0 Å². The molecule has 0 aliphatic carbocycles. The van der Waals surface area contributed by atoms with Crippen molar-refractivity contribution in [2.75, 3.05) is 13.2 Å². The van der Waals surface area contributed by atoms with E-state index in [-0.39, 0.29) is 13.0 Å². The molecule has 0 aliphatic rings. The lowest BCUT2D eigenvalue weighted by atomic mass is 10.0. The van der Waals surface area contributed by atoms with Crippen molar-refractivity contribution >= 4 is 11.9 Å². The first-order chi connectivity index (χ1) is 7.51. The van der Waals surface area contributed by atoms with Crippen molar-refractivity contribution in [1.82, 2.24) is 5.32 Å². The molecule has 0 aromatic heterocycles. The third kappa shape index (κ3) is 5.98. The van der Waals surface area contributed by atoms with E-state index in [0.29, 0.717) is 6.61 Å². The maximum atomic E-state index is 11.2. The molecule has 0 aliphatic heterocycles. The Kier molecular flexibility index (Phi) is 6.88. The van der Waals surface area contributed by atoms with Gasteiger partial charge in [0.05, 0.1) is 6.07 Å². The van der Waals surface area contributed by atoms with Gasteiger partial charge in [0.25, 0.3) is 0 Å². The number of hydrogen-bond donors (Lipinski definition) is 2. The average molecular weight is 228 g/mol. The molecule has 2 atom stereocenters. The molecule has 16 heavy (non-hydrogen) atoms. The standard InChI is InChI=1S/C10H16N2O4/c1-3-16-6-9(13)12-8(10(14)15)4-7(2)5-11/h7-8H,3-4,6H2,1-2H3,(H,12,13)(H,14,15)/t7-,8-/m1/s1. The Bertz CT molecular complexity index is 285. The molecule has 0 spiro atoms. The highest BCUT2D eigenvalue weighted by Gasteiger charge is 2.22. The molecule has 90 valence electrons. The number of carboxylic acid groups (broad SMARTS) is 1. The van der Waals surface area contributed by atoms with Crippen LogP contribution in [-0.2, 0) is 14.3 Å². The average Bonchev–Trinajstić information content (AvgIpc) is 2.24. The lowest BCUT2D eigenvalue weighted by Gasteiger charge is -2.15. The van der Waals surface area contributed by atoms with Crippen molar-refractivity contribution in [3.8, 4) is 6.07 Å². The summed E-state index contributed by atoms with van der Waals surface area (Å²) in [6, 6.07) is 0.882. The summed E-state index contributed by atoms with van der Waals surface area (Å²) in [4.78, 5) is 22.0. The van der Waals surface area contributed by atoms with Crippen LogP contribution in [0.2, 0.25) is 0 Å². The fourth-order valence-electron chi connectivity index (χ4n) is 1.06. The van der Waals surface area contributed by atoms with Gasteiger partial charge in [-0.2, -0.15) is 5.26 Å². The van der Waals surface area contributed by atoms with Gasteiger partial charge in [-0.15, -0.1) is 0 Å². The van der Waals surface area contributed by atoms with Crippen LogP contribution in [0.1, 0.15) is 20.3 Å². The smallest absolute Gasteiger partial charge is 0.326 e. The maximum Gasteiger partial charge on any atom is 0.326 e. The number of nitrogens with zero attached hydrogens (tertiary/aromatic N) is 1. The molecule has 6 heteroatoms. The number of aliphatic carboxylic acids is 1. The summed E-state index contributed by atoms with van der Waals surface area (Å²) in [6.07, 6.45) is 0.0870. The summed E-state index contributed by atoms with van der Waals surface area (Å²) in [5.41, 5.74) is 0. The third-order valence-electron chi connectivity index (χ3n) is 1.88. The van der Waals surface area contributed by atoms with Crippen LogP contribution in [0.3, 0.4) is 0 Å². The van der Waals surface area contributed by atoms with Crippen molar-refractivity contribution < 1.29 is 19.4 Å². The number of hydrogen-bond acceptors (Lipinski definition) is 4. The number of nitrogens with one attached hydrogen (secondary N) is 1. The second kappa shape index (κ2) is 7.65. The third-order valence-corrected chi connectivity index (χ3v) is 1.88. The molecule has 0 bridgehead atoms. The molecule has 0 rings (SSSR count). The van der Waals surface area contributed by atoms with Crippen LogP contribution in [0.5, 0.6) is 0 Å². The zero-order valence-electron chi connectivity index (χ0n) is 9.40. The van der Waals surface area contributed by atoms with E-state index in [9.17, 15) is 9.59 Å². The summed E-state index contributed by atoms with van der Waals surface area (Å²) >= 11 is 0. The van der Waals surface area contributed by atoms with E-state index in [2.05, 4.69) is 5.32 Å². The molecule has 1 amide bonds. The molecular weight excluding hydrogens is 212 g/mol. The SMILES string of the molecule is CCOCC(=O)N[C@H](C[C@@H](C)C#N)C(=O)O. The Labute approximate surface area is 94.2 Å². The molecule has 2 N–H and O–H groups in total. The second-order valence-electron chi connectivity index (χ2n) is 3.36. The molecule has 0 heterocycles. The van der Waals surface area contributed by atoms with E-state index in [0.717, 1.165) is 0 Å². The topological polar surface area (TPSA) is 99.4 Å². The number of carbonyl (C=O) groups excluding carboxylic acids is 1. The monoisotopic (exact) mass is 228 g/mol. The van der Waals surface area contributed by atoms with E-state index < -0.39 is 23.8 Å². The van der Waals surface area contributed by atoms with Crippen LogP contribution in [0, 0.1) is 17.2 Å². The second-order valence-corrected chi connectivity index (χ2v) is 3.36. The molecule has 0 fully saturated rings. The highest BCUT2D eigenvalue weighted by atomic mass is 16.5.